The van der Waals surface area contributed by atoms with Gasteiger partial charge in [-0.25, -0.2) is 13.1 Å². The molecule has 0 aliphatic heterocycles. The van der Waals surface area contributed by atoms with Crippen molar-refractivity contribution in [3.8, 4) is 0 Å². The molecule has 1 aromatic heterocycles. The van der Waals surface area contributed by atoms with Gasteiger partial charge in [0, 0.05) is 18.8 Å². The molecule has 6 heteroatoms. The van der Waals surface area contributed by atoms with Gasteiger partial charge in [-0.15, -0.1) is 0 Å². The summed E-state index contributed by atoms with van der Waals surface area (Å²) in [5.74, 6) is 0. The summed E-state index contributed by atoms with van der Waals surface area (Å²) in [6.45, 7) is 6.53. The van der Waals surface area contributed by atoms with Crippen molar-refractivity contribution in [1.29, 1.82) is 0 Å². The van der Waals surface area contributed by atoms with Crippen LogP contribution in [0.4, 0.5) is 0 Å². The minimum atomic E-state index is -3.55. The molecular formula is C15H21N3O2S. The largest absolute Gasteiger partial charge is 0.272 e. The summed E-state index contributed by atoms with van der Waals surface area (Å²) < 4.78 is 29.2. The van der Waals surface area contributed by atoms with E-state index < -0.39 is 10.0 Å². The van der Waals surface area contributed by atoms with E-state index in [1.807, 2.05) is 45.0 Å². The number of hydrogen-bond acceptors (Lipinski definition) is 3. The molecule has 114 valence electrons. The van der Waals surface area contributed by atoms with Crippen LogP contribution in [-0.2, 0) is 16.6 Å². The summed E-state index contributed by atoms with van der Waals surface area (Å²) in [5.41, 5.74) is 2.12. The van der Waals surface area contributed by atoms with Crippen LogP contribution >= 0.6 is 0 Å². The number of aryl methyl sites for hydroxylation is 2. The second-order valence-corrected chi connectivity index (χ2v) is 6.74. The summed E-state index contributed by atoms with van der Waals surface area (Å²) >= 11 is 0. The molecule has 1 heterocycles. The van der Waals surface area contributed by atoms with Gasteiger partial charge in [-0.2, -0.15) is 5.10 Å². The van der Waals surface area contributed by atoms with Gasteiger partial charge >= 0.3 is 0 Å². The van der Waals surface area contributed by atoms with Crippen molar-refractivity contribution in [3.63, 3.8) is 0 Å². The molecule has 1 aromatic carbocycles. The van der Waals surface area contributed by atoms with E-state index in [0.29, 0.717) is 13.0 Å². The fourth-order valence-corrected chi connectivity index (χ4v) is 3.36. The molecule has 0 saturated heterocycles. The average Bonchev–Trinajstić information content (AvgIpc) is 2.95. The first kappa shape index (κ1) is 15.7. The highest BCUT2D eigenvalue weighted by Gasteiger charge is 2.21. The lowest BCUT2D eigenvalue weighted by molar-refractivity contribution is 0.549. The second-order valence-electron chi connectivity index (χ2n) is 5.02. The van der Waals surface area contributed by atoms with Crippen LogP contribution in [0.2, 0.25) is 0 Å². The number of nitrogens with one attached hydrogen (secondary N) is 1. The van der Waals surface area contributed by atoms with Crippen LogP contribution in [0.15, 0.2) is 41.6 Å². The van der Waals surface area contributed by atoms with E-state index in [2.05, 4.69) is 9.82 Å². The smallest absolute Gasteiger partial charge is 0.244 e. The Balaban J connectivity index is 2.22. The van der Waals surface area contributed by atoms with Crippen molar-refractivity contribution in [2.45, 2.75) is 44.7 Å². The Hall–Kier alpha value is -1.66. The predicted octanol–water partition coefficient (Wildman–Crippen LogP) is 2.64. The van der Waals surface area contributed by atoms with Gasteiger partial charge in [-0.05, 0) is 25.8 Å². The Bertz CT molecular complexity index is 690. The van der Waals surface area contributed by atoms with Crippen molar-refractivity contribution >= 4 is 10.0 Å². The number of hydrogen-bond donors (Lipinski definition) is 1. The SMILES string of the molecule is CCC(NS(=O)(=O)c1cnn(CC)c1)c1ccc(C)cc1. The molecule has 1 unspecified atom stereocenters. The average molecular weight is 307 g/mol. The quantitative estimate of drug-likeness (QED) is 0.892. The van der Waals surface area contributed by atoms with Crippen LogP contribution in [0.5, 0.6) is 0 Å². The first-order valence-electron chi connectivity index (χ1n) is 7.07. The fourth-order valence-electron chi connectivity index (χ4n) is 2.10. The van der Waals surface area contributed by atoms with E-state index in [-0.39, 0.29) is 10.9 Å². The van der Waals surface area contributed by atoms with Gasteiger partial charge in [0.25, 0.3) is 0 Å². The minimum Gasteiger partial charge on any atom is -0.272 e. The number of rotatable bonds is 6. The lowest BCUT2D eigenvalue weighted by Gasteiger charge is -2.17. The summed E-state index contributed by atoms with van der Waals surface area (Å²) in [6, 6.07) is 7.66. The van der Waals surface area contributed by atoms with Gasteiger partial charge in [-0.1, -0.05) is 36.8 Å². The topological polar surface area (TPSA) is 64.0 Å². The standard InChI is InChI=1S/C15H21N3O2S/c1-4-15(13-8-6-12(3)7-9-13)17-21(19,20)14-10-16-18(5-2)11-14/h6-11,15,17H,4-5H2,1-3H3. The van der Waals surface area contributed by atoms with Crippen LogP contribution in [0, 0.1) is 6.92 Å². The lowest BCUT2D eigenvalue weighted by Crippen LogP contribution is -2.28. The van der Waals surface area contributed by atoms with E-state index in [1.165, 1.54) is 6.20 Å². The maximum atomic E-state index is 12.4. The molecule has 0 aliphatic rings. The van der Waals surface area contributed by atoms with Crippen LogP contribution in [0.3, 0.4) is 0 Å². The molecule has 0 aliphatic carbocycles. The lowest BCUT2D eigenvalue weighted by atomic mass is 10.0. The summed E-state index contributed by atoms with van der Waals surface area (Å²) in [6.07, 6.45) is 3.61. The molecule has 1 N–H and O–H groups in total. The van der Waals surface area contributed by atoms with E-state index >= 15 is 0 Å². The maximum Gasteiger partial charge on any atom is 0.244 e. The fraction of sp³-hybridized carbons (Fsp3) is 0.400. The zero-order valence-electron chi connectivity index (χ0n) is 12.6. The number of nitrogens with zero attached hydrogens (tertiary/aromatic N) is 2. The first-order chi connectivity index (χ1) is 9.96. The van der Waals surface area contributed by atoms with Crippen LogP contribution in [-0.4, -0.2) is 18.2 Å². The van der Waals surface area contributed by atoms with Crippen LogP contribution < -0.4 is 4.72 Å². The Morgan fingerprint density at radius 3 is 2.43 bits per heavy atom. The molecule has 0 amide bonds. The van der Waals surface area contributed by atoms with Crippen molar-refractivity contribution < 1.29 is 8.42 Å². The van der Waals surface area contributed by atoms with E-state index in [9.17, 15) is 8.42 Å². The van der Waals surface area contributed by atoms with Crippen molar-refractivity contribution in [3.05, 3.63) is 47.8 Å². The van der Waals surface area contributed by atoms with E-state index in [1.54, 1.807) is 10.9 Å². The summed E-state index contributed by atoms with van der Waals surface area (Å²) in [7, 11) is -3.55. The Morgan fingerprint density at radius 1 is 1.24 bits per heavy atom. The maximum absolute atomic E-state index is 12.4. The zero-order chi connectivity index (χ0) is 15.5. The van der Waals surface area contributed by atoms with Gasteiger partial charge < -0.3 is 0 Å². The predicted molar refractivity (Wildman–Crippen MR) is 82.4 cm³/mol. The zero-order valence-corrected chi connectivity index (χ0v) is 13.4. The second kappa shape index (κ2) is 6.41. The molecule has 21 heavy (non-hydrogen) atoms. The van der Waals surface area contributed by atoms with Gasteiger partial charge in [-0.3, -0.25) is 4.68 Å². The number of sulfonamides is 1. The van der Waals surface area contributed by atoms with Crippen molar-refractivity contribution in [1.82, 2.24) is 14.5 Å². The molecule has 0 fully saturated rings. The number of aromatic nitrogens is 2. The third-order valence-electron chi connectivity index (χ3n) is 3.43. The molecular weight excluding hydrogens is 286 g/mol. The van der Waals surface area contributed by atoms with E-state index in [0.717, 1.165) is 11.1 Å². The molecule has 0 saturated carbocycles. The monoisotopic (exact) mass is 307 g/mol. The molecule has 5 nitrogen and oxygen atoms in total. The van der Waals surface area contributed by atoms with Gasteiger partial charge in [0.1, 0.15) is 4.90 Å². The highest BCUT2D eigenvalue weighted by atomic mass is 32.2. The Labute approximate surface area is 126 Å². The molecule has 2 aromatic rings. The molecule has 0 spiro atoms. The Kier molecular flexibility index (Phi) is 4.80. The van der Waals surface area contributed by atoms with Crippen molar-refractivity contribution in [2.24, 2.45) is 0 Å². The molecule has 1 atom stereocenters. The first-order valence-corrected chi connectivity index (χ1v) is 8.56. The molecule has 0 radical (unpaired) electrons. The Morgan fingerprint density at radius 2 is 1.90 bits per heavy atom. The number of benzene rings is 1. The summed E-state index contributed by atoms with van der Waals surface area (Å²) in [4.78, 5) is 0.204. The molecule has 2 rings (SSSR count). The third kappa shape index (κ3) is 3.71. The van der Waals surface area contributed by atoms with Crippen molar-refractivity contribution in [2.75, 3.05) is 0 Å². The van der Waals surface area contributed by atoms with Crippen LogP contribution in [0.1, 0.15) is 37.4 Å². The van der Waals surface area contributed by atoms with Crippen LogP contribution in [0.25, 0.3) is 0 Å². The highest BCUT2D eigenvalue weighted by molar-refractivity contribution is 7.89. The van der Waals surface area contributed by atoms with Gasteiger partial charge in [0.05, 0.1) is 6.20 Å². The third-order valence-corrected chi connectivity index (χ3v) is 4.86. The minimum absolute atomic E-state index is 0.204. The summed E-state index contributed by atoms with van der Waals surface area (Å²) in [5, 5.41) is 4.02. The molecule has 0 bridgehead atoms. The van der Waals surface area contributed by atoms with Gasteiger partial charge in [0.15, 0.2) is 0 Å². The van der Waals surface area contributed by atoms with Gasteiger partial charge in [0.2, 0.25) is 10.0 Å². The highest BCUT2D eigenvalue weighted by Crippen LogP contribution is 2.20. The normalized spacial score (nSPS) is 13.3. The van der Waals surface area contributed by atoms with E-state index in [4.69, 9.17) is 0 Å².